The minimum atomic E-state index is -0.707. The lowest BCUT2D eigenvalue weighted by molar-refractivity contribution is -0.140. The molecule has 2 amide bonds. The van der Waals surface area contributed by atoms with Gasteiger partial charge in [-0.15, -0.1) is 11.8 Å². The summed E-state index contributed by atoms with van der Waals surface area (Å²) in [6.45, 7) is 10.1. The Morgan fingerprint density at radius 2 is 1.51 bits per heavy atom. The highest BCUT2D eigenvalue weighted by Crippen LogP contribution is 2.20. The van der Waals surface area contributed by atoms with Crippen LogP contribution in [0.3, 0.4) is 0 Å². The summed E-state index contributed by atoms with van der Waals surface area (Å²) < 4.78 is 13.6. The molecular formula is C31H37FN2O2S. The first-order chi connectivity index (χ1) is 17.5. The Labute approximate surface area is 224 Å². The molecule has 0 spiro atoms. The van der Waals surface area contributed by atoms with Gasteiger partial charge in [0.15, 0.2) is 0 Å². The first-order valence-electron chi connectivity index (χ1n) is 12.5. The van der Waals surface area contributed by atoms with Crippen LogP contribution >= 0.6 is 11.8 Å². The summed E-state index contributed by atoms with van der Waals surface area (Å²) in [5.41, 5.74) is 4.86. The molecule has 0 heterocycles. The number of thioether (sulfide) groups is 1. The van der Waals surface area contributed by atoms with E-state index in [0.717, 1.165) is 11.1 Å². The van der Waals surface area contributed by atoms with Crippen LogP contribution in [-0.2, 0) is 28.3 Å². The Bertz CT molecular complexity index is 1170. The molecule has 3 aromatic carbocycles. The highest BCUT2D eigenvalue weighted by atomic mass is 32.2. The number of nitrogens with one attached hydrogen (secondary N) is 1. The van der Waals surface area contributed by atoms with Crippen LogP contribution in [0, 0.1) is 19.7 Å². The summed E-state index contributed by atoms with van der Waals surface area (Å²) in [4.78, 5) is 28.9. The summed E-state index contributed by atoms with van der Waals surface area (Å²) in [7, 11) is 0. The third-order valence-corrected chi connectivity index (χ3v) is 6.80. The number of carbonyl (C=O) groups is 2. The molecule has 0 aromatic heterocycles. The van der Waals surface area contributed by atoms with Gasteiger partial charge in [0, 0.05) is 24.3 Å². The maximum absolute atomic E-state index is 13.7. The zero-order valence-corrected chi connectivity index (χ0v) is 23.2. The highest BCUT2D eigenvalue weighted by Gasteiger charge is 2.32. The van der Waals surface area contributed by atoms with Crippen molar-refractivity contribution < 1.29 is 14.0 Å². The lowest BCUT2D eigenvalue weighted by Gasteiger charge is -2.34. The number of amides is 2. The van der Waals surface area contributed by atoms with Crippen LogP contribution in [-0.4, -0.2) is 34.0 Å². The predicted octanol–water partition coefficient (Wildman–Crippen LogP) is 6.23. The van der Waals surface area contributed by atoms with Crippen molar-refractivity contribution in [3.63, 3.8) is 0 Å². The van der Waals surface area contributed by atoms with Gasteiger partial charge >= 0.3 is 0 Å². The lowest BCUT2D eigenvalue weighted by atomic mass is 10.0. The van der Waals surface area contributed by atoms with E-state index in [2.05, 4.69) is 37.4 Å². The molecule has 196 valence electrons. The predicted molar refractivity (Wildman–Crippen MR) is 151 cm³/mol. The SMILES string of the molecule is Cc1cc(C)cc(CSCC(=O)N(Cc2ccc(F)cc2)C(Cc2ccccc2)C(=O)NC(C)(C)C)c1. The van der Waals surface area contributed by atoms with Gasteiger partial charge in [-0.25, -0.2) is 4.39 Å². The molecule has 1 unspecified atom stereocenters. The molecule has 0 bridgehead atoms. The van der Waals surface area contributed by atoms with Crippen LogP contribution in [0.15, 0.2) is 72.8 Å². The molecule has 4 nitrogen and oxygen atoms in total. The van der Waals surface area contributed by atoms with Crippen LogP contribution in [0.4, 0.5) is 4.39 Å². The average molecular weight is 521 g/mol. The molecule has 0 saturated heterocycles. The third kappa shape index (κ3) is 9.36. The second-order valence-electron chi connectivity index (χ2n) is 10.6. The van der Waals surface area contributed by atoms with Gasteiger partial charge in [-0.05, 0) is 63.4 Å². The first kappa shape index (κ1) is 28.5. The van der Waals surface area contributed by atoms with Crippen molar-refractivity contribution in [3.8, 4) is 0 Å². The van der Waals surface area contributed by atoms with Crippen molar-refractivity contribution in [1.82, 2.24) is 10.2 Å². The molecule has 0 aliphatic heterocycles. The molecule has 0 fully saturated rings. The van der Waals surface area contributed by atoms with E-state index >= 15 is 0 Å². The van der Waals surface area contributed by atoms with Crippen molar-refractivity contribution in [2.45, 2.75) is 64.9 Å². The molecule has 0 aliphatic carbocycles. The Balaban J connectivity index is 1.87. The van der Waals surface area contributed by atoms with Crippen molar-refractivity contribution >= 4 is 23.6 Å². The average Bonchev–Trinajstić information content (AvgIpc) is 2.81. The van der Waals surface area contributed by atoms with E-state index in [-0.39, 0.29) is 29.9 Å². The molecule has 37 heavy (non-hydrogen) atoms. The smallest absolute Gasteiger partial charge is 0.243 e. The third-order valence-electron chi connectivity index (χ3n) is 5.81. The minimum Gasteiger partial charge on any atom is -0.350 e. The molecule has 3 aromatic rings. The van der Waals surface area contributed by atoms with E-state index in [0.29, 0.717) is 12.2 Å². The topological polar surface area (TPSA) is 49.4 Å². The van der Waals surface area contributed by atoms with Crippen LogP contribution in [0.1, 0.15) is 48.6 Å². The molecule has 0 aliphatic rings. The standard InChI is InChI=1S/C31H37FN2O2S/c1-22-15-23(2)17-26(16-22)20-37-21-29(35)34(19-25-11-13-27(32)14-12-25)28(30(36)33-31(3,4)5)18-24-9-7-6-8-10-24/h6-17,28H,18-21H2,1-5H3,(H,33,36). The van der Waals surface area contributed by atoms with Crippen molar-refractivity contribution in [1.29, 1.82) is 0 Å². The Morgan fingerprint density at radius 1 is 0.892 bits per heavy atom. The summed E-state index contributed by atoms with van der Waals surface area (Å²) in [5, 5.41) is 3.06. The van der Waals surface area contributed by atoms with E-state index in [1.807, 2.05) is 51.1 Å². The number of nitrogens with zero attached hydrogens (tertiary/aromatic N) is 1. The van der Waals surface area contributed by atoms with Crippen molar-refractivity contribution in [3.05, 3.63) is 106 Å². The van der Waals surface area contributed by atoms with Crippen LogP contribution in [0.25, 0.3) is 0 Å². The number of carbonyl (C=O) groups excluding carboxylic acids is 2. The van der Waals surface area contributed by atoms with E-state index in [1.165, 1.54) is 40.6 Å². The molecule has 0 radical (unpaired) electrons. The fourth-order valence-corrected chi connectivity index (χ4v) is 5.13. The second kappa shape index (κ2) is 12.9. The molecule has 0 saturated carbocycles. The number of hydrogen-bond donors (Lipinski definition) is 1. The second-order valence-corrected chi connectivity index (χ2v) is 11.6. The van der Waals surface area contributed by atoms with E-state index in [9.17, 15) is 14.0 Å². The fourth-order valence-electron chi connectivity index (χ4n) is 4.28. The van der Waals surface area contributed by atoms with Crippen molar-refractivity contribution in [2.75, 3.05) is 5.75 Å². The van der Waals surface area contributed by atoms with Gasteiger partial charge in [0.1, 0.15) is 11.9 Å². The molecular weight excluding hydrogens is 483 g/mol. The Morgan fingerprint density at radius 3 is 2.11 bits per heavy atom. The van der Waals surface area contributed by atoms with Gasteiger partial charge in [0.2, 0.25) is 11.8 Å². The number of benzene rings is 3. The number of halogens is 1. The molecule has 6 heteroatoms. The van der Waals surface area contributed by atoms with Gasteiger partial charge in [0.05, 0.1) is 5.75 Å². The summed E-state index contributed by atoms with van der Waals surface area (Å²) in [5.74, 6) is 0.283. The van der Waals surface area contributed by atoms with Gasteiger partial charge in [-0.2, -0.15) is 0 Å². The summed E-state index contributed by atoms with van der Waals surface area (Å²) in [6, 6.07) is 21.5. The van der Waals surface area contributed by atoms with Gasteiger partial charge in [0.25, 0.3) is 0 Å². The number of hydrogen-bond acceptors (Lipinski definition) is 3. The molecule has 1 N–H and O–H groups in total. The maximum atomic E-state index is 13.7. The zero-order chi connectivity index (χ0) is 27.0. The van der Waals surface area contributed by atoms with Crippen LogP contribution in [0.5, 0.6) is 0 Å². The zero-order valence-electron chi connectivity index (χ0n) is 22.4. The largest absolute Gasteiger partial charge is 0.350 e. The van der Waals surface area contributed by atoms with Gasteiger partial charge in [-0.1, -0.05) is 71.8 Å². The lowest BCUT2D eigenvalue weighted by Crippen LogP contribution is -2.54. The Kier molecular flexibility index (Phi) is 9.93. The van der Waals surface area contributed by atoms with E-state index < -0.39 is 11.6 Å². The first-order valence-corrected chi connectivity index (χ1v) is 13.7. The monoisotopic (exact) mass is 520 g/mol. The summed E-state index contributed by atoms with van der Waals surface area (Å²) >= 11 is 1.54. The molecule has 1 atom stereocenters. The number of aryl methyl sites for hydroxylation is 2. The van der Waals surface area contributed by atoms with Gasteiger partial charge < -0.3 is 10.2 Å². The van der Waals surface area contributed by atoms with E-state index in [4.69, 9.17) is 0 Å². The van der Waals surface area contributed by atoms with Crippen LogP contribution in [0.2, 0.25) is 0 Å². The fraction of sp³-hybridized carbons (Fsp3) is 0.355. The normalized spacial score (nSPS) is 12.2. The maximum Gasteiger partial charge on any atom is 0.243 e. The minimum absolute atomic E-state index is 0.122. The Hall–Kier alpha value is -3.12. The highest BCUT2D eigenvalue weighted by molar-refractivity contribution is 7.99. The van der Waals surface area contributed by atoms with Crippen molar-refractivity contribution in [2.24, 2.45) is 0 Å². The van der Waals surface area contributed by atoms with Crippen LogP contribution < -0.4 is 5.32 Å². The number of rotatable bonds is 10. The summed E-state index contributed by atoms with van der Waals surface area (Å²) in [6.07, 6.45) is 0.386. The van der Waals surface area contributed by atoms with E-state index in [1.54, 1.807) is 17.0 Å². The quantitative estimate of drug-likeness (QED) is 0.345. The molecule has 3 rings (SSSR count). The van der Waals surface area contributed by atoms with Gasteiger partial charge in [-0.3, -0.25) is 9.59 Å².